The van der Waals surface area contributed by atoms with Crippen LogP contribution in [0.3, 0.4) is 0 Å². The van der Waals surface area contributed by atoms with Crippen molar-refractivity contribution in [3.8, 4) is 0 Å². The van der Waals surface area contributed by atoms with Gasteiger partial charge in [0, 0.05) is 0 Å². The number of imidazole rings is 1. The van der Waals surface area contributed by atoms with Gasteiger partial charge in [0.2, 0.25) is 5.95 Å². The van der Waals surface area contributed by atoms with Crippen molar-refractivity contribution in [2.24, 2.45) is 0 Å². The first-order valence-corrected chi connectivity index (χ1v) is 10.9. The lowest BCUT2D eigenvalue weighted by molar-refractivity contribution is -0.0635. The van der Waals surface area contributed by atoms with Crippen LogP contribution in [-0.4, -0.2) is 49.6 Å². The van der Waals surface area contributed by atoms with E-state index >= 15 is 4.39 Å². The van der Waals surface area contributed by atoms with Gasteiger partial charge in [-0.2, -0.15) is 4.98 Å². The Morgan fingerprint density at radius 3 is 3.07 bits per heavy atom. The van der Waals surface area contributed by atoms with Crippen molar-refractivity contribution in [1.29, 1.82) is 0 Å². The zero-order valence-corrected chi connectivity index (χ0v) is 16.6. The molecule has 148 valence electrons. The summed E-state index contributed by atoms with van der Waals surface area (Å²) in [6, 6.07) is 0. The number of halogens is 2. The number of nitrogens with two attached hydrogens (primary N) is 1. The van der Waals surface area contributed by atoms with Crippen molar-refractivity contribution in [3.05, 3.63) is 16.7 Å². The highest BCUT2D eigenvalue weighted by atomic mass is 35.5. The average Bonchev–Trinajstić information content (AvgIpc) is 3.05. The van der Waals surface area contributed by atoms with Crippen LogP contribution < -0.4 is 11.3 Å². The third-order valence-electron chi connectivity index (χ3n) is 4.03. The molecule has 2 aliphatic rings. The van der Waals surface area contributed by atoms with Gasteiger partial charge >= 0.3 is 6.72 Å². The van der Waals surface area contributed by atoms with Crippen LogP contribution in [0.5, 0.6) is 0 Å². The largest absolute Gasteiger partial charge is 0.369 e. The van der Waals surface area contributed by atoms with Crippen LogP contribution >= 0.6 is 18.3 Å². The molecule has 2 fully saturated rings. The highest BCUT2D eigenvalue weighted by molar-refractivity contribution is 8.07. The fourth-order valence-electron chi connectivity index (χ4n) is 2.99. The second kappa shape index (κ2) is 6.45. The van der Waals surface area contributed by atoms with E-state index in [0.29, 0.717) is 0 Å². The van der Waals surface area contributed by atoms with Crippen LogP contribution in [0.1, 0.15) is 20.1 Å². The number of hydrogen-bond donors (Lipinski definition) is 2. The summed E-state index contributed by atoms with van der Waals surface area (Å²) in [4.78, 5) is 22.2. The zero-order chi connectivity index (χ0) is 19.6. The van der Waals surface area contributed by atoms with Crippen molar-refractivity contribution in [3.63, 3.8) is 0 Å². The summed E-state index contributed by atoms with van der Waals surface area (Å²) >= 11 is 11.5. The number of anilines is 1. The number of aromatic nitrogens is 4. The molecule has 0 radical (unpaired) electrons. The van der Waals surface area contributed by atoms with E-state index in [2.05, 4.69) is 15.0 Å². The molecule has 10 nitrogen and oxygen atoms in total. The summed E-state index contributed by atoms with van der Waals surface area (Å²) in [5.41, 5.74) is 5.01. The van der Waals surface area contributed by atoms with E-state index in [1.165, 1.54) is 10.9 Å². The van der Waals surface area contributed by atoms with Crippen LogP contribution in [-0.2, 0) is 30.1 Å². The summed E-state index contributed by atoms with van der Waals surface area (Å²) in [5.74, 6) is -0.149. The Hall–Kier alpha value is -1.14. The first-order chi connectivity index (χ1) is 12.6. The van der Waals surface area contributed by atoms with Gasteiger partial charge in [0.05, 0.1) is 19.0 Å². The summed E-state index contributed by atoms with van der Waals surface area (Å²) in [6.45, 7) is 0.296. The second-order valence-corrected chi connectivity index (χ2v) is 9.89. The predicted molar refractivity (Wildman–Crippen MR) is 97.5 cm³/mol. The van der Waals surface area contributed by atoms with Crippen molar-refractivity contribution >= 4 is 47.2 Å². The fourth-order valence-corrected chi connectivity index (χ4v) is 5.96. The number of ether oxygens (including phenoxy) is 1. The van der Waals surface area contributed by atoms with Crippen LogP contribution in [0.25, 0.3) is 11.2 Å². The minimum atomic E-state index is -3.17. The van der Waals surface area contributed by atoms with E-state index in [-0.39, 0.29) is 29.8 Å². The van der Waals surface area contributed by atoms with E-state index < -0.39 is 35.8 Å². The molecule has 0 spiro atoms. The maximum absolute atomic E-state index is 15.6. The SMILES string of the molecule is CC(C)O[P@]1(=S)OC[C@H]2O[C@@H](n3cnc4c(=O)[nH]c(N)nc43)[C@](F)(Cl)[C@@H]2O1. The molecule has 2 aliphatic heterocycles. The Labute approximate surface area is 162 Å². The molecule has 0 amide bonds. The lowest BCUT2D eigenvalue weighted by atomic mass is 10.1. The topological polar surface area (TPSA) is 127 Å². The van der Waals surface area contributed by atoms with Gasteiger partial charge in [-0.25, -0.2) is 9.37 Å². The number of H-pyrrole nitrogens is 1. The van der Waals surface area contributed by atoms with Gasteiger partial charge < -0.3 is 19.5 Å². The van der Waals surface area contributed by atoms with Gasteiger partial charge in [-0.05, 0) is 25.7 Å². The van der Waals surface area contributed by atoms with Gasteiger partial charge in [0.1, 0.15) is 12.2 Å². The maximum atomic E-state index is 15.6. The predicted octanol–water partition coefficient (Wildman–Crippen LogP) is 1.57. The zero-order valence-electron chi connectivity index (χ0n) is 14.2. The highest BCUT2D eigenvalue weighted by Crippen LogP contribution is 2.61. The maximum Gasteiger partial charge on any atom is 0.328 e. The minimum absolute atomic E-state index is 0.0273. The molecule has 5 atom stereocenters. The van der Waals surface area contributed by atoms with E-state index in [9.17, 15) is 4.79 Å². The van der Waals surface area contributed by atoms with E-state index in [1.807, 2.05) is 0 Å². The molecule has 0 saturated carbocycles. The second-order valence-electron chi connectivity index (χ2n) is 6.40. The minimum Gasteiger partial charge on any atom is -0.369 e. The third-order valence-corrected chi connectivity index (χ3v) is 6.90. The standard InChI is InChI=1S/C13H16ClFN5O5PS/c1-5(2)24-26(27)22-3-6-8(25-26)13(14,15)11(23-6)20-4-17-7-9(20)18-12(16)19-10(7)21/h4-6,8,11H,3H2,1-2H3,(H3,16,18,19,21)/t6-,8-,11-,13+,26-/m1/s1. The molecule has 4 rings (SSSR count). The Kier molecular flexibility index (Phi) is 4.58. The number of nitrogens with one attached hydrogen (secondary N) is 1. The Balaban J connectivity index is 1.71. The van der Waals surface area contributed by atoms with Crippen molar-refractivity contribution in [1.82, 2.24) is 19.5 Å². The van der Waals surface area contributed by atoms with Crippen LogP contribution in [0, 0.1) is 0 Å². The molecule has 0 bridgehead atoms. The lowest BCUT2D eigenvalue weighted by Gasteiger charge is -2.35. The Bertz CT molecular complexity index is 999. The van der Waals surface area contributed by atoms with Crippen LogP contribution in [0.15, 0.2) is 11.1 Å². The van der Waals surface area contributed by atoms with Crippen molar-refractivity contribution < 1.29 is 22.7 Å². The fraction of sp³-hybridized carbons (Fsp3) is 0.615. The van der Waals surface area contributed by atoms with E-state index in [4.69, 9.17) is 47.4 Å². The number of hydrogen-bond acceptors (Lipinski definition) is 9. The number of rotatable bonds is 3. The lowest BCUT2D eigenvalue weighted by Crippen LogP contribution is -2.43. The molecular formula is C13H16ClFN5O5PS. The van der Waals surface area contributed by atoms with Crippen LogP contribution in [0.2, 0.25) is 0 Å². The van der Waals surface area contributed by atoms with E-state index in [0.717, 1.165) is 0 Å². The molecule has 2 aromatic rings. The molecule has 2 aromatic heterocycles. The number of nitrogen functional groups attached to an aromatic ring is 1. The first-order valence-electron chi connectivity index (χ1n) is 7.98. The smallest absolute Gasteiger partial charge is 0.328 e. The third kappa shape index (κ3) is 3.19. The Morgan fingerprint density at radius 1 is 1.63 bits per heavy atom. The number of fused-ring (bicyclic) bond motifs is 2. The van der Waals surface area contributed by atoms with Gasteiger partial charge in [-0.15, -0.1) is 0 Å². The monoisotopic (exact) mass is 439 g/mol. The van der Waals surface area contributed by atoms with Gasteiger partial charge in [0.25, 0.3) is 10.7 Å². The molecule has 0 unspecified atom stereocenters. The number of aromatic amines is 1. The molecule has 4 heterocycles. The molecule has 2 saturated heterocycles. The highest BCUT2D eigenvalue weighted by Gasteiger charge is 2.62. The van der Waals surface area contributed by atoms with E-state index in [1.54, 1.807) is 13.8 Å². The normalized spacial score (nSPS) is 36.4. The molecular weight excluding hydrogens is 424 g/mol. The molecule has 14 heteroatoms. The van der Waals surface area contributed by atoms with Gasteiger partial charge in [-0.1, -0.05) is 11.6 Å². The average molecular weight is 440 g/mol. The summed E-state index contributed by atoms with van der Waals surface area (Å²) in [5, 5.41) is -2.54. The number of nitrogens with zero attached hydrogens (tertiary/aromatic N) is 3. The van der Waals surface area contributed by atoms with Crippen LogP contribution in [0.4, 0.5) is 10.3 Å². The summed E-state index contributed by atoms with van der Waals surface area (Å²) < 4.78 is 39.1. The van der Waals surface area contributed by atoms with Gasteiger partial charge in [-0.3, -0.25) is 18.9 Å². The van der Waals surface area contributed by atoms with Crippen molar-refractivity contribution in [2.45, 2.75) is 43.5 Å². The van der Waals surface area contributed by atoms with Gasteiger partial charge in [0.15, 0.2) is 17.4 Å². The summed E-state index contributed by atoms with van der Waals surface area (Å²) in [7, 11) is 0. The molecule has 3 N–H and O–H groups in total. The molecule has 27 heavy (non-hydrogen) atoms. The quantitative estimate of drug-likeness (QED) is 0.541. The van der Waals surface area contributed by atoms with Crippen molar-refractivity contribution in [2.75, 3.05) is 12.3 Å². The molecule has 0 aromatic carbocycles. The summed E-state index contributed by atoms with van der Waals surface area (Å²) in [6.07, 6.45) is -2.53. The Morgan fingerprint density at radius 2 is 2.37 bits per heavy atom. The number of alkyl halides is 2. The first kappa shape index (κ1) is 19.2. The molecule has 0 aliphatic carbocycles.